The molecule has 1 N–H and O–H groups in total. The summed E-state index contributed by atoms with van der Waals surface area (Å²) in [5.74, 6) is -1.75. The molecule has 108 valence electrons. The number of nitrogens with zero attached hydrogens (tertiary/aromatic N) is 2. The minimum atomic E-state index is -4.65. The summed E-state index contributed by atoms with van der Waals surface area (Å²) in [6, 6.07) is 3.50. The van der Waals surface area contributed by atoms with Crippen molar-refractivity contribution in [3.8, 4) is 0 Å². The molecule has 0 unspecified atom stereocenters. The van der Waals surface area contributed by atoms with Crippen molar-refractivity contribution < 1.29 is 22.5 Å². The molecule has 0 bridgehead atoms. The van der Waals surface area contributed by atoms with Crippen molar-refractivity contribution in [1.29, 1.82) is 0 Å². The summed E-state index contributed by atoms with van der Waals surface area (Å²) >= 11 is 1.34. The van der Waals surface area contributed by atoms with E-state index in [1.165, 1.54) is 11.3 Å². The van der Waals surface area contributed by atoms with Crippen LogP contribution in [0.15, 0.2) is 16.7 Å². The number of halogens is 3. The minimum Gasteiger partial charge on any atom is -0.351 e. The van der Waals surface area contributed by atoms with Gasteiger partial charge in [-0.3, -0.25) is 4.79 Å². The third kappa shape index (κ3) is 3.56. The molecule has 2 rings (SSSR count). The van der Waals surface area contributed by atoms with Gasteiger partial charge in [-0.2, -0.15) is 18.2 Å². The van der Waals surface area contributed by atoms with Gasteiger partial charge in [0.25, 0.3) is 5.91 Å². The maximum atomic E-state index is 12.2. The Bertz CT molecular complexity index is 606. The maximum Gasteiger partial charge on any atom is 0.471 e. The van der Waals surface area contributed by atoms with Crippen molar-refractivity contribution >= 4 is 17.2 Å². The number of carbonyl (C=O) groups excluding carboxylic acids is 1. The molecule has 0 fully saturated rings. The lowest BCUT2D eigenvalue weighted by atomic mass is 10.3. The first-order chi connectivity index (χ1) is 9.36. The van der Waals surface area contributed by atoms with Gasteiger partial charge < -0.3 is 9.84 Å². The number of thiophene rings is 1. The number of carbonyl (C=O) groups is 1. The highest BCUT2D eigenvalue weighted by atomic mass is 32.1. The molecule has 0 saturated heterocycles. The second-order valence-electron chi connectivity index (χ2n) is 3.93. The number of nitrogens with one attached hydrogen (secondary N) is 1. The van der Waals surface area contributed by atoms with E-state index >= 15 is 0 Å². The number of amides is 1. The fourth-order valence-corrected chi connectivity index (χ4v) is 2.19. The summed E-state index contributed by atoms with van der Waals surface area (Å²) in [5.41, 5.74) is 0. The van der Waals surface area contributed by atoms with E-state index in [4.69, 9.17) is 0 Å². The molecule has 20 heavy (non-hydrogen) atoms. The Morgan fingerprint density at radius 1 is 1.45 bits per heavy atom. The zero-order valence-corrected chi connectivity index (χ0v) is 11.1. The lowest BCUT2D eigenvalue weighted by Gasteiger charge is -2.00. The average molecular weight is 305 g/mol. The van der Waals surface area contributed by atoms with E-state index in [-0.39, 0.29) is 24.7 Å². The molecule has 0 aliphatic carbocycles. The molecule has 0 saturated carbocycles. The second kappa shape index (κ2) is 5.61. The standard InChI is InChI=1S/C11H10F3N3O2S/c1-6-2-3-7(20-6)9(18)15-5-4-8-16-10(19-17-8)11(12,13)14/h2-3H,4-5H2,1H3,(H,15,18). The highest BCUT2D eigenvalue weighted by Crippen LogP contribution is 2.27. The van der Waals surface area contributed by atoms with Crippen LogP contribution >= 0.6 is 11.3 Å². The Labute approximate surface area is 115 Å². The lowest BCUT2D eigenvalue weighted by molar-refractivity contribution is -0.159. The zero-order chi connectivity index (χ0) is 14.8. The molecule has 2 aromatic heterocycles. The molecule has 0 spiro atoms. The summed E-state index contributed by atoms with van der Waals surface area (Å²) < 4.78 is 40.7. The van der Waals surface area contributed by atoms with E-state index in [1.54, 1.807) is 6.07 Å². The summed E-state index contributed by atoms with van der Waals surface area (Å²) in [7, 11) is 0. The molecule has 0 aliphatic rings. The van der Waals surface area contributed by atoms with Crippen LogP contribution in [0.1, 0.15) is 26.3 Å². The van der Waals surface area contributed by atoms with Crippen molar-refractivity contribution in [1.82, 2.24) is 15.5 Å². The van der Waals surface area contributed by atoms with Gasteiger partial charge in [0.2, 0.25) is 0 Å². The molecule has 1 amide bonds. The van der Waals surface area contributed by atoms with Gasteiger partial charge in [-0.1, -0.05) is 5.16 Å². The minimum absolute atomic E-state index is 0.0652. The van der Waals surface area contributed by atoms with Crippen molar-refractivity contribution in [3.63, 3.8) is 0 Å². The molecular weight excluding hydrogens is 295 g/mol. The van der Waals surface area contributed by atoms with Crippen LogP contribution in [0.4, 0.5) is 13.2 Å². The summed E-state index contributed by atoms with van der Waals surface area (Å²) in [5, 5.41) is 5.78. The third-order valence-corrected chi connectivity index (χ3v) is 3.31. The number of aromatic nitrogens is 2. The van der Waals surface area contributed by atoms with Crippen LogP contribution in [0, 0.1) is 6.92 Å². The van der Waals surface area contributed by atoms with E-state index < -0.39 is 12.1 Å². The van der Waals surface area contributed by atoms with Gasteiger partial charge in [0.15, 0.2) is 5.82 Å². The maximum absolute atomic E-state index is 12.2. The number of alkyl halides is 3. The predicted octanol–water partition coefficient (Wildman–Crippen LogP) is 2.43. The first-order valence-corrected chi connectivity index (χ1v) is 6.42. The summed E-state index contributed by atoms with van der Waals surface area (Å²) in [6.07, 6.45) is -4.58. The lowest BCUT2D eigenvalue weighted by Crippen LogP contribution is -2.25. The van der Waals surface area contributed by atoms with Gasteiger partial charge in [0, 0.05) is 17.8 Å². The van der Waals surface area contributed by atoms with Gasteiger partial charge >= 0.3 is 12.1 Å². The molecule has 5 nitrogen and oxygen atoms in total. The van der Waals surface area contributed by atoms with Gasteiger partial charge in [-0.15, -0.1) is 11.3 Å². The molecule has 9 heteroatoms. The molecular formula is C11H10F3N3O2S. The largest absolute Gasteiger partial charge is 0.471 e. The fraction of sp³-hybridized carbons (Fsp3) is 0.364. The monoisotopic (exact) mass is 305 g/mol. The van der Waals surface area contributed by atoms with Crippen LogP contribution < -0.4 is 5.32 Å². The summed E-state index contributed by atoms with van der Waals surface area (Å²) in [4.78, 5) is 16.4. The smallest absolute Gasteiger partial charge is 0.351 e. The van der Waals surface area contributed by atoms with Gasteiger partial charge in [-0.25, -0.2) is 0 Å². The van der Waals surface area contributed by atoms with Crippen LogP contribution in [-0.4, -0.2) is 22.6 Å². The summed E-state index contributed by atoms with van der Waals surface area (Å²) in [6.45, 7) is 2.01. The Hall–Kier alpha value is -1.90. The SMILES string of the molecule is Cc1ccc(C(=O)NCCc2noc(C(F)(F)F)n2)s1. The number of hydrogen-bond acceptors (Lipinski definition) is 5. The zero-order valence-electron chi connectivity index (χ0n) is 10.3. The molecule has 2 aromatic rings. The van der Waals surface area contributed by atoms with E-state index in [0.717, 1.165) is 4.88 Å². The Morgan fingerprint density at radius 2 is 2.20 bits per heavy atom. The van der Waals surface area contributed by atoms with Crippen LogP contribution in [0.2, 0.25) is 0 Å². The first kappa shape index (κ1) is 14.5. The van der Waals surface area contributed by atoms with E-state index in [2.05, 4.69) is 20.0 Å². The van der Waals surface area contributed by atoms with E-state index in [1.807, 2.05) is 13.0 Å². The predicted molar refractivity (Wildman–Crippen MR) is 64.4 cm³/mol. The molecule has 2 heterocycles. The highest BCUT2D eigenvalue weighted by molar-refractivity contribution is 7.13. The molecule has 0 aliphatic heterocycles. The van der Waals surface area contributed by atoms with E-state index in [9.17, 15) is 18.0 Å². The fourth-order valence-electron chi connectivity index (χ4n) is 1.40. The molecule has 0 atom stereocenters. The van der Waals surface area contributed by atoms with Crippen LogP contribution in [0.3, 0.4) is 0 Å². The third-order valence-electron chi connectivity index (χ3n) is 2.31. The number of rotatable bonds is 4. The van der Waals surface area contributed by atoms with Crippen LogP contribution in [0.5, 0.6) is 0 Å². The van der Waals surface area contributed by atoms with Crippen LogP contribution in [-0.2, 0) is 12.6 Å². The normalized spacial score (nSPS) is 11.6. The van der Waals surface area contributed by atoms with Crippen molar-refractivity contribution in [2.75, 3.05) is 6.54 Å². The van der Waals surface area contributed by atoms with Gasteiger partial charge in [0.05, 0.1) is 4.88 Å². The molecule has 0 aromatic carbocycles. The Morgan fingerprint density at radius 3 is 2.75 bits per heavy atom. The second-order valence-corrected chi connectivity index (χ2v) is 5.22. The first-order valence-electron chi connectivity index (χ1n) is 5.60. The number of hydrogen-bond donors (Lipinski definition) is 1. The highest BCUT2D eigenvalue weighted by Gasteiger charge is 2.38. The number of aryl methyl sites for hydroxylation is 1. The van der Waals surface area contributed by atoms with Crippen LogP contribution in [0.25, 0.3) is 0 Å². The van der Waals surface area contributed by atoms with Crippen molar-refractivity contribution in [3.05, 3.63) is 33.6 Å². The van der Waals surface area contributed by atoms with Gasteiger partial charge in [-0.05, 0) is 19.1 Å². The quantitative estimate of drug-likeness (QED) is 0.942. The Kier molecular flexibility index (Phi) is 4.07. The van der Waals surface area contributed by atoms with Crippen molar-refractivity contribution in [2.24, 2.45) is 0 Å². The average Bonchev–Trinajstić information content (AvgIpc) is 2.97. The topological polar surface area (TPSA) is 68.0 Å². The molecule has 0 radical (unpaired) electrons. The van der Waals surface area contributed by atoms with Crippen molar-refractivity contribution in [2.45, 2.75) is 19.5 Å². The van der Waals surface area contributed by atoms with E-state index in [0.29, 0.717) is 4.88 Å². The van der Waals surface area contributed by atoms with Gasteiger partial charge in [0.1, 0.15) is 0 Å². The Balaban J connectivity index is 1.84.